The van der Waals surface area contributed by atoms with Crippen LogP contribution in [0.2, 0.25) is 0 Å². The van der Waals surface area contributed by atoms with E-state index in [4.69, 9.17) is 19.4 Å². The third-order valence-corrected chi connectivity index (χ3v) is 7.66. The number of nitrogens with zero attached hydrogens (tertiary/aromatic N) is 2. The standard InChI is InChI=1S/C21H27N2.C7H6O.2ClH.Ru/c1-14-9-16(3)20(17(4)10-14)22-7-8-23(13-22)21-18(5)11-15(2)12-19(21)6;1-6-4-2-3-5-7(6)8;;;/h9-13H,7-8H2,1-6H3;1-5,8H;2*1H;/q-1;;;;+2/p-2. The number of para-hydroxylation sites is 1. The van der Waals surface area contributed by atoms with Crippen molar-refractivity contribution in [2.75, 3.05) is 22.9 Å². The van der Waals surface area contributed by atoms with E-state index >= 15 is 0 Å². The summed E-state index contributed by atoms with van der Waals surface area (Å²) < 4.78 is 1.71. The molecule has 1 fully saturated rings. The van der Waals surface area contributed by atoms with E-state index < -0.39 is 13.5 Å². The van der Waals surface area contributed by atoms with E-state index in [1.165, 1.54) is 44.8 Å². The molecule has 6 heteroatoms. The Labute approximate surface area is 217 Å². The molecule has 1 heterocycles. The summed E-state index contributed by atoms with van der Waals surface area (Å²) >= 11 is -1.80. The van der Waals surface area contributed by atoms with Crippen LogP contribution in [0.1, 0.15) is 38.9 Å². The van der Waals surface area contributed by atoms with Gasteiger partial charge in [-0.3, -0.25) is 0 Å². The Morgan fingerprint density at radius 1 is 0.765 bits per heavy atom. The third kappa shape index (κ3) is 6.62. The fourth-order valence-electron chi connectivity index (χ4n) is 4.75. The van der Waals surface area contributed by atoms with Gasteiger partial charge in [-0.1, -0.05) is 35.4 Å². The molecule has 1 N–H and O–H groups in total. The van der Waals surface area contributed by atoms with Crippen molar-refractivity contribution < 1.29 is 18.6 Å². The SMILES string of the molecule is Cc1cc(C)c(N2[CH-]N(c3c(C)cc(C)cc3C)CC2)c(C)c1.Oc1ccccc1[CH]=[Ru]([Cl])[Cl]. The van der Waals surface area contributed by atoms with Crippen LogP contribution < -0.4 is 9.80 Å². The molecule has 0 aliphatic carbocycles. The average molecular weight is 586 g/mol. The van der Waals surface area contributed by atoms with Gasteiger partial charge in [-0.25, -0.2) is 0 Å². The summed E-state index contributed by atoms with van der Waals surface area (Å²) in [4.78, 5) is 4.81. The molecule has 4 rings (SSSR count). The summed E-state index contributed by atoms with van der Waals surface area (Å²) in [5, 5.41) is 9.23. The molecule has 0 aromatic heterocycles. The number of benzene rings is 3. The van der Waals surface area contributed by atoms with Gasteiger partial charge in [0.05, 0.1) is 0 Å². The second-order valence-electron chi connectivity index (χ2n) is 8.86. The van der Waals surface area contributed by atoms with Crippen LogP contribution in [-0.2, 0) is 13.5 Å². The zero-order valence-corrected chi connectivity index (χ0v) is 23.9. The van der Waals surface area contributed by atoms with Gasteiger partial charge in [-0.2, -0.15) is 6.67 Å². The number of halogens is 2. The van der Waals surface area contributed by atoms with Crippen molar-refractivity contribution in [3.63, 3.8) is 0 Å². The molecule has 0 bridgehead atoms. The molecular formula is C28H33Cl2N2ORu-. The third-order valence-electron chi connectivity index (χ3n) is 5.83. The molecule has 1 saturated heterocycles. The molecule has 0 saturated carbocycles. The molecule has 1 aliphatic heterocycles. The first-order valence-corrected chi connectivity index (χ1v) is 16.7. The van der Waals surface area contributed by atoms with Crippen molar-refractivity contribution in [2.45, 2.75) is 41.5 Å². The fourth-order valence-corrected chi connectivity index (χ4v) is 6.56. The summed E-state index contributed by atoms with van der Waals surface area (Å²) in [7, 11) is 11.3. The molecule has 0 atom stereocenters. The predicted molar refractivity (Wildman–Crippen MR) is 145 cm³/mol. The van der Waals surface area contributed by atoms with Gasteiger partial charge in [0, 0.05) is 24.5 Å². The molecule has 3 aromatic rings. The maximum absolute atomic E-state index is 9.23. The van der Waals surface area contributed by atoms with Gasteiger partial charge in [0.15, 0.2) is 0 Å². The van der Waals surface area contributed by atoms with Crippen molar-refractivity contribution in [1.82, 2.24) is 0 Å². The number of aryl methyl sites for hydroxylation is 6. The Morgan fingerprint density at radius 3 is 1.56 bits per heavy atom. The summed E-state index contributed by atoms with van der Waals surface area (Å²) in [5.74, 6) is 0.229. The molecule has 0 amide bonds. The van der Waals surface area contributed by atoms with Gasteiger partial charge >= 0.3 is 78.2 Å². The number of aromatic hydroxyl groups is 1. The van der Waals surface area contributed by atoms with E-state index in [2.05, 4.69) is 82.3 Å². The Balaban J connectivity index is 0.000000248. The van der Waals surface area contributed by atoms with Gasteiger partial charge in [-0.05, 0) is 63.8 Å². The van der Waals surface area contributed by atoms with Crippen molar-refractivity contribution in [3.8, 4) is 5.75 Å². The minimum absolute atomic E-state index is 0.229. The second kappa shape index (κ2) is 11.7. The number of hydrogen-bond donors (Lipinski definition) is 1. The number of anilines is 2. The van der Waals surface area contributed by atoms with Gasteiger partial charge in [0.1, 0.15) is 0 Å². The topological polar surface area (TPSA) is 26.7 Å². The van der Waals surface area contributed by atoms with Crippen LogP contribution >= 0.6 is 19.4 Å². The van der Waals surface area contributed by atoms with Crippen molar-refractivity contribution in [2.24, 2.45) is 0 Å². The quantitative estimate of drug-likeness (QED) is 0.256. The minimum atomic E-state index is -1.80. The summed E-state index contributed by atoms with van der Waals surface area (Å²) in [6, 6.07) is 16.1. The predicted octanol–water partition coefficient (Wildman–Crippen LogP) is 7.45. The first-order valence-electron chi connectivity index (χ1n) is 11.2. The second-order valence-corrected chi connectivity index (χ2v) is 14.6. The molecule has 34 heavy (non-hydrogen) atoms. The van der Waals surface area contributed by atoms with Gasteiger partial charge in [0.25, 0.3) is 0 Å². The zero-order valence-electron chi connectivity index (χ0n) is 20.6. The first kappa shape index (κ1) is 26.7. The molecule has 0 radical (unpaired) electrons. The van der Waals surface area contributed by atoms with E-state index in [1.54, 1.807) is 22.8 Å². The van der Waals surface area contributed by atoms with Crippen LogP contribution in [0, 0.1) is 48.2 Å². The van der Waals surface area contributed by atoms with E-state index in [0.717, 1.165) is 18.7 Å². The molecule has 0 spiro atoms. The number of hydrogen-bond acceptors (Lipinski definition) is 3. The monoisotopic (exact) mass is 585 g/mol. The van der Waals surface area contributed by atoms with Crippen LogP contribution in [0.4, 0.5) is 11.4 Å². The average Bonchev–Trinajstić information content (AvgIpc) is 3.17. The Morgan fingerprint density at radius 2 is 1.18 bits per heavy atom. The van der Waals surface area contributed by atoms with Crippen LogP contribution in [0.3, 0.4) is 0 Å². The Kier molecular flexibility index (Phi) is 9.21. The molecule has 0 unspecified atom stereocenters. The summed E-state index contributed by atoms with van der Waals surface area (Å²) in [6.45, 7) is 17.6. The van der Waals surface area contributed by atoms with E-state index in [0.29, 0.717) is 0 Å². The van der Waals surface area contributed by atoms with Crippen LogP contribution in [0.15, 0.2) is 48.5 Å². The van der Waals surface area contributed by atoms with Crippen LogP contribution in [-0.4, -0.2) is 22.8 Å². The van der Waals surface area contributed by atoms with Gasteiger partial charge < -0.3 is 9.80 Å². The van der Waals surface area contributed by atoms with E-state index in [-0.39, 0.29) is 5.75 Å². The number of phenols is 1. The van der Waals surface area contributed by atoms with Gasteiger partial charge in [-0.15, -0.1) is 0 Å². The number of rotatable bonds is 3. The van der Waals surface area contributed by atoms with Crippen molar-refractivity contribution in [3.05, 3.63) is 94.1 Å². The Bertz CT molecular complexity index is 1100. The summed E-state index contributed by atoms with van der Waals surface area (Å²) in [5.41, 5.74) is 11.6. The fraction of sp³-hybridized carbons (Fsp3) is 0.286. The van der Waals surface area contributed by atoms with Crippen molar-refractivity contribution in [1.29, 1.82) is 0 Å². The molecule has 184 valence electrons. The molecular weight excluding hydrogens is 552 g/mol. The van der Waals surface area contributed by atoms with E-state index in [9.17, 15) is 5.11 Å². The number of phenolic OH excluding ortho intramolecular Hbond substituents is 1. The van der Waals surface area contributed by atoms with Gasteiger partial charge in [0.2, 0.25) is 0 Å². The first-order chi connectivity index (χ1) is 16.1. The summed E-state index contributed by atoms with van der Waals surface area (Å²) in [6.07, 6.45) is 0. The molecule has 1 aliphatic rings. The van der Waals surface area contributed by atoms with Crippen LogP contribution in [0.25, 0.3) is 0 Å². The van der Waals surface area contributed by atoms with Crippen molar-refractivity contribution >= 4 is 35.4 Å². The zero-order chi connectivity index (χ0) is 25.0. The maximum atomic E-state index is 9.23. The Hall–Kier alpha value is -1.87. The normalized spacial score (nSPS) is 13.5. The van der Waals surface area contributed by atoms with Crippen LogP contribution in [0.5, 0.6) is 5.75 Å². The molecule has 3 aromatic carbocycles. The molecule has 3 nitrogen and oxygen atoms in total. The van der Waals surface area contributed by atoms with E-state index in [1.807, 2.05) is 6.07 Å².